The van der Waals surface area contributed by atoms with Crippen molar-refractivity contribution >= 4 is 11.8 Å². The summed E-state index contributed by atoms with van der Waals surface area (Å²) in [5.41, 5.74) is 0.937. The molecule has 2 aromatic heterocycles. The van der Waals surface area contributed by atoms with Crippen molar-refractivity contribution in [2.75, 3.05) is 10.6 Å². The maximum absolute atomic E-state index is 4.41. The first-order valence-corrected chi connectivity index (χ1v) is 6.28. The quantitative estimate of drug-likeness (QED) is 0.881. The molecule has 0 bridgehead atoms. The molecule has 2 rings (SSSR count). The van der Waals surface area contributed by atoms with Crippen molar-refractivity contribution in [2.45, 2.75) is 32.9 Å². The highest BCUT2D eigenvalue weighted by Crippen LogP contribution is 2.13. The minimum atomic E-state index is -0.0212. The van der Waals surface area contributed by atoms with Gasteiger partial charge in [0.25, 0.3) is 0 Å². The summed E-state index contributed by atoms with van der Waals surface area (Å²) < 4.78 is 0. The third kappa shape index (κ3) is 4.54. The SMILES string of the molecule is CC(C)(C)Nc1ccnc(NCc2ccccn2)n1. The molecule has 5 heteroatoms. The molecule has 0 unspecified atom stereocenters. The number of aromatic nitrogens is 3. The molecule has 0 aliphatic heterocycles. The van der Waals surface area contributed by atoms with Crippen LogP contribution in [-0.2, 0) is 6.54 Å². The lowest BCUT2D eigenvalue weighted by Gasteiger charge is -2.21. The number of nitrogens with one attached hydrogen (secondary N) is 2. The van der Waals surface area contributed by atoms with E-state index < -0.39 is 0 Å². The van der Waals surface area contributed by atoms with Crippen LogP contribution in [0.25, 0.3) is 0 Å². The van der Waals surface area contributed by atoms with Crippen LogP contribution in [0.3, 0.4) is 0 Å². The molecule has 0 atom stereocenters. The number of pyridine rings is 1. The summed E-state index contributed by atoms with van der Waals surface area (Å²) in [5.74, 6) is 1.41. The van der Waals surface area contributed by atoms with Gasteiger partial charge >= 0.3 is 0 Å². The van der Waals surface area contributed by atoms with E-state index in [1.807, 2.05) is 24.3 Å². The van der Waals surface area contributed by atoms with Gasteiger partial charge in [-0.1, -0.05) is 6.07 Å². The molecule has 2 heterocycles. The van der Waals surface area contributed by atoms with Crippen molar-refractivity contribution in [1.82, 2.24) is 15.0 Å². The highest BCUT2D eigenvalue weighted by molar-refractivity contribution is 5.41. The molecule has 0 saturated heterocycles. The lowest BCUT2D eigenvalue weighted by Crippen LogP contribution is -2.26. The van der Waals surface area contributed by atoms with E-state index in [0.29, 0.717) is 12.5 Å². The number of nitrogens with zero attached hydrogens (tertiary/aromatic N) is 3. The van der Waals surface area contributed by atoms with Crippen LogP contribution in [0.5, 0.6) is 0 Å². The Morgan fingerprint density at radius 2 is 1.89 bits per heavy atom. The lowest BCUT2D eigenvalue weighted by molar-refractivity contribution is 0.630. The largest absolute Gasteiger partial charge is 0.365 e. The van der Waals surface area contributed by atoms with Gasteiger partial charge in [0.2, 0.25) is 5.95 Å². The number of anilines is 2. The Balaban J connectivity index is 1.99. The van der Waals surface area contributed by atoms with Crippen molar-refractivity contribution < 1.29 is 0 Å². The Morgan fingerprint density at radius 1 is 1.05 bits per heavy atom. The van der Waals surface area contributed by atoms with E-state index in [1.165, 1.54) is 0 Å². The van der Waals surface area contributed by atoms with E-state index in [1.54, 1.807) is 12.4 Å². The topological polar surface area (TPSA) is 62.7 Å². The Labute approximate surface area is 113 Å². The third-order valence-electron chi connectivity index (χ3n) is 2.31. The number of hydrogen-bond donors (Lipinski definition) is 2. The van der Waals surface area contributed by atoms with Gasteiger partial charge in [-0.3, -0.25) is 4.98 Å². The number of rotatable bonds is 4. The molecule has 100 valence electrons. The van der Waals surface area contributed by atoms with E-state index in [4.69, 9.17) is 0 Å². The summed E-state index contributed by atoms with van der Waals surface area (Å²) >= 11 is 0. The van der Waals surface area contributed by atoms with Gasteiger partial charge in [-0.05, 0) is 39.0 Å². The van der Waals surface area contributed by atoms with Gasteiger partial charge in [-0.2, -0.15) is 4.98 Å². The van der Waals surface area contributed by atoms with Gasteiger partial charge in [-0.25, -0.2) is 4.98 Å². The maximum Gasteiger partial charge on any atom is 0.224 e. The van der Waals surface area contributed by atoms with Gasteiger partial charge in [0, 0.05) is 17.9 Å². The van der Waals surface area contributed by atoms with Crippen molar-refractivity contribution in [3.8, 4) is 0 Å². The first kappa shape index (κ1) is 13.3. The molecule has 5 nitrogen and oxygen atoms in total. The van der Waals surface area contributed by atoms with Crippen LogP contribution < -0.4 is 10.6 Å². The molecule has 0 aliphatic carbocycles. The Bertz CT molecular complexity index is 519. The van der Waals surface area contributed by atoms with Crippen molar-refractivity contribution in [1.29, 1.82) is 0 Å². The van der Waals surface area contributed by atoms with Crippen molar-refractivity contribution in [3.63, 3.8) is 0 Å². The summed E-state index contributed by atoms with van der Waals surface area (Å²) in [5, 5.41) is 6.48. The van der Waals surface area contributed by atoms with Crippen molar-refractivity contribution in [2.24, 2.45) is 0 Å². The first-order valence-electron chi connectivity index (χ1n) is 6.28. The third-order valence-corrected chi connectivity index (χ3v) is 2.31. The zero-order chi connectivity index (χ0) is 13.7. The zero-order valence-electron chi connectivity index (χ0n) is 11.5. The first-order chi connectivity index (χ1) is 9.03. The van der Waals surface area contributed by atoms with Crippen LogP contribution in [-0.4, -0.2) is 20.5 Å². The Morgan fingerprint density at radius 3 is 2.58 bits per heavy atom. The second kappa shape index (κ2) is 5.65. The predicted molar refractivity (Wildman–Crippen MR) is 77.0 cm³/mol. The van der Waals surface area contributed by atoms with E-state index >= 15 is 0 Å². The second-order valence-corrected chi connectivity index (χ2v) is 5.32. The van der Waals surface area contributed by atoms with Gasteiger partial charge in [0.15, 0.2) is 0 Å². The molecule has 0 saturated carbocycles. The van der Waals surface area contributed by atoms with Crippen LogP contribution in [0.1, 0.15) is 26.5 Å². The monoisotopic (exact) mass is 257 g/mol. The zero-order valence-corrected chi connectivity index (χ0v) is 11.5. The van der Waals surface area contributed by atoms with Crippen LogP contribution >= 0.6 is 0 Å². The molecule has 2 N–H and O–H groups in total. The maximum atomic E-state index is 4.41. The summed E-state index contributed by atoms with van der Waals surface area (Å²) in [6, 6.07) is 7.68. The molecule has 2 aromatic rings. The summed E-state index contributed by atoms with van der Waals surface area (Å²) in [6.45, 7) is 6.89. The van der Waals surface area contributed by atoms with Gasteiger partial charge in [0.1, 0.15) is 5.82 Å². The number of hydrogen-bond acceptors (Lipinski definition) is 5. The van der Waals surface area contributed by atoms with Crippen LogP contribution in [0.15, 0.2) is 36.7 Å². The van der Waals surface area contributed by atoms with E-state index in [9.17, 15) is 0 Å². The molecular weight excluding hydrogens is 238 g/mol. The molecule has 0 spiro atoms. The van der Waals surface area contributed by atoms with Crippen LogP contribution in [0, 0.1) is 0 Å². The molecular formula is C14H19N5. The minimum absolute atomic E-state index is 0.0212. The Kier molecular flexibility index (Phi) is 3.94. The lowest BCUT2D eigenvalue weighted by atomic mass is 10.1. The summed E-state index contributed by atoms with van der Waals surface area (Å²) in [7, 11) is 0. The van der Waals surface area contributed by atoms with E-state index in [-0.39, 0.29) is 5.54 Å². The fourth-order valence-electron chi connectivity index (χ4n) is 1.57. The Hall–Kier alpha value is -2.17. The van der Waals surface area contributed by atoms with Crippen LogP contribution in [0.4, 0.5) is 11.8 Å². The van der Waals surface area contributed by atoms with Crippen LogP contribution in [0.2, 0.25) is 0 Å². The predicted octanol–water partition coefficient (Wildman–Crippen LogP) is 2.69. The molecule has 19 heavy (non-hydrogen) atoms. The summed E-state index contributed by atoms with van der Waals surface area (Å²) in [6.07, 6.45) is 3.51. The molecule has 0 amide bonds. The fraction of sp³-hybridized carbons (Fsp3) is 0.357. The molecule has 0 radical (unpaired) electrons. The van der Waals surface area contributed by atoms with E-state index in [0.717, 1.165) is 11.5 Å². The molecule has 0 fully saturated rings. The molecule has 0 aliphatic rings. The second-order valence-electron chi connectivity index (χ2n) is 5.32. The highest BCUT2D eigenvalue weighted by atomic mass is 15.2. The van der Waals surface area contributed by atoms with Crippen molar-refractivity contribution in [3.05, 3.63) is 42.4 Å². The summed E-state index contributed by atoms with van der Waals surface area (Å²) in [4.78, 5) is 12.8. The standard InChI is InChI=1S/C14H19N5/c1-14(2,3)19-12-7-9-16-13(18-12)17-10-11-6-4-5-8-15-11/h4-9H,10H2,1-3H3,(H2,16,17,18,19). The fourth-order valence-corrected chi connectivity index (χ4v) is 1.57. The highest BCUT2D eigenvalue weighted by Gasteiger charge is 2.10. The molecule has 0 aromatic carbocycles. The average Bonchev–Trinajstić information content (AvgIpc) is 2.36. The van der Waals surface area contributed by atoms with E-state index in [2.05, 4.69) is 46.4 Å². The van der Waals surface area contributed by atoms with Gasteiger partial charge < -0.3 is 10.6 Å². The smallest absolute Gasteiger partial charge is 0.224 e. The normalized spacial score (nSPS) is 11.1. The average molecular weight is 257 g/mol. The minimum Gasteiger partial charge on any atom is -0.365 e. The van der Waals surface area contributed by atoms with Gasteiger partial charge in [-0.15, -0.1) is 0 Å². The van der Waals surface area contributed by atoms with Gasteiger partial charge in [0.05, 0.1) is 12.2 Å².